The SMILES string of the molecule is COC(=O)c1cc(C2CC2)ccc1Nc1ccc2c(ccn2-c2ccc(OC)cc2)c1. The van der Waals surface area contributed by atoms with Gasteiger partial charge in [-0.05, 0) is 85.0 Å². The number of methoxy groups -OCH3 is 2. The Hall–Kier alpha value is -3.73. The number of esters is 1. The van der Waals surface area contributed by atoms with Crippen LogP contribution in [0.15, 0.2) is 72.9 Å². The number of nitrogens with one attached hydrogen (secondary N) is 1. The van der Waals surface area contributed by atoms with Gasteiger partial charge >= 0.3 is 5.97 Å². The number of aromatic nitrogens is 1. The number of hydrogen-bond donors (Lipinski definition) is 1. The van der Waals surface area contributed by atoms with Gasteiger partial charge in [-0.15, -0.1) is 0 Å². The molecule has 1 saturated carbocycles. The summed E-state index contributed by atoms with van der Waals surface area (Å²) in [7, 11) is 3.09. The van der Waals surface area contributed by atoms with Crippen molar-refractivity contribution in [2.24, 2.45) is 0 Å². The van der Waals surface area contributed by atoms with Crippen molar-refractivity contribution < 1.29 is 14.3 Å². The van der Waals surface area contributed by atoms with E-state index in [1.165, 1.54) is 25.5 Å². The van der Waals surface area contributed by atoms with Crippen LogP contribution in [0.1, 0.15) is 34.7 Å². The molecule has 0 saturated heterocycles. The number of benzene rings is 3. The largest absolute Gasteiger partial charge is 0.497 e. The van der Waals surface area contributed by atoms with Crippen LogP contribution in [0.5, 0.6) is 5.75 Å². The molecule has 0 unspecified atom stereocenters. The Labute approximate surface area is 181 Å². The number of hydrogen-bond acceptors (Lipinski definition) is 4. The first-order valence-electron chi connectivity index (χ1n) is 10.4. The number of ether oxygens (including phenoxy) is 2. The van der Waals surface area contributed by atoms with Crippen LogP contribution in [0, 0.1) is 0 Å². The van der Waals surface area contributed by atoms with Crippen molar-refractivity contribution in [1.82, 2.24) is 4.57 Å². The summed E-state index contributed by atoms with van der Waals surface area (Å²) in [5.41, 5.74) is 5.63. The molecule has 0 bridgehead atoms. The van der Waals surface area contributed by atoms with Crippen LogP contribution < -0.4 is 10.1 Å². The minimum atomic E-state index is -0.322. The van der Waals surface area contributed by atoms with Gasteiger partial charge in [0.1, 0.15) is 5.75 Å². The monoisotopic (exact) mass is 412 g/mol. The van der Waals surface area contributed by atoms with Gasteiger partial charge in [-0.3, -0.25) is 0 Å². The van der Waals surface area contributed by atoms with E-state index in [4.69, 9.17) is 9.47 Å². The minimum absolute atomic E-state index is 0.322. The van der Waals surface area contributed by atoms with E-state index in [1.807, 2.05) is 42.5 Å². The summed E-state index contributed by atoms with van der Waals surface area (Å²) in [4.78, 5) is 12.4. The Kier molecular flexibility index (Phi) is 4.86. The van der Waals surface area contributed by atoms with E-state index in [-0.39, 0.29) is 5.97 Å². The van der Waals surface area contributed by atoms with E-state index in [0.717, 1.165) is 33.7 Å². The van der Waals surface area contributed by atoms with Gasteiger partial charge in [0.05, 0.1) is 31.0 Å². The first kappa shape index (κ1) is 19.2. The molecule has 1 aromatic heterocycles. The fourth-order valence-electron chi connectivity index (χ4n) is 3.96. The topological polar surface area (TPSA) is 52.5 Å². The molecular weight excluding hydrogens is 388 g/mol. The highest BCUT2D eigenvalue weighted by atomic mass is 16.5. The van der Waals surface area contributed by atoms with E-state index in [1.54, 1.807) is 7.11 Å². The lowest BCUT2D eigenvalue weighted by Crippen LogP contribution is -2.06. The second-order valence-electron chi connectivity index (χ2n) is 7.85. The smallest absolute Gasteiger partial charge is 0.339 e. The van der Waals surface area contributed by atoms with Crippen molar-refractivity contribution in [2.45, 2.75) is 18.8 Å². The van der Waals surface area contributed by atoms with Crippen LogP contribution in [0.3, 0.4) is 0 Å². The highest BCUT2D eigenvalue weighted by Crippen LogP contribution is 2.41. The summed E-state index contributed by atoms with van der Waals surface area (Å²) in [6, 6.07) is 22.3. The third kappa shape index (κ3) is 3.75. The summed E-state index contributed by atoms with van der Waals surface area (Å²) in [6.45, 7) is 0. The maximum atomic E-state index is 12.4. The Morgan fingerprint density at radius 3 is 2.48 bits per heavy atom. The van der Waals surface area contributed by atoms with E-state index in [2.05, 4.69) is 40.3 Å². The van der Waals surface area contributed by atoms with Crippen LogP contribution in [0.25, 0.3) is 16.6 Å². The molecule has 0 radical (unpaired) electrons. The molecule has 156 valence electrons. The summed E-state index contributed by atoms with van der Waals surface area (Å²) in [6.07, 6.45) is 4.44. The Morgan fingerprint density at radius 2 is 1.77 bits per heavy atom. The zero-order valence-corrected chi connectivity index (χ0v) is 17.6. The van der Waals surface area contributed by atoms with Crippen LogP contribution in [-0.2, 0) is 4.74 Å². The summed E-state index contributed by atoms with van der Waals surface area (Å²) >= 11 is 0. The number of fused-ring (bicyclic) bond motifs is 1. The minimum Gasteiger partial charge on any atom is -0.497 e. The van der Waals surface area contributed by atoms with Crippen molar-refractivity contribution in [3.63, 3.8) is 0 Å². The van der Waals surface area contributed by atoms with E-state index < -0.39 is 0 Å². The summed E-state index contributed by atoms with van der Waals surface area (Å²) < 4.78 is 12.4. The van der Waals surface area contributed by atoms with Gasteiger partial charge in [-0.25, -0.2) is 4.79 Å². The number of anilines is 2. The van der Waals surface area contributed by atoms with E-state index in [9.17, 15) is 4.79 Å². The van der Waals surface area contributed by atoms with Crippen LogP contribution in [-0.4, -0.2) is 24.8 Å². The quantitative estimate of drug-likeness (QED) is 0.392. The van der Waals surface area contributed by atoms with Gasteiger partial charge in [-0.1, -0.05) is 6.07 Å². The van der Waals surface area contributed by atoms with Crippen LogP contribution in [0.2, 0.25) is 0 Å². The second-order valence-corrected chi connectivity index (χ2v) is 7.85. The number of nitrogens with zero attached hydrogens (tertiary/aromatic N) is 1. The van der Waals surface area contributed by atoms with E-state index >= 15 is 0 Å². The molecule has 1 fully saturated rings. The third-order valence-corrected chi connectivity index (χ3v) is 5.82. The predicted molar refractivity (Wildman–Crippen MR) is 123 cm³/mol. The molecule has 0 atom stereocenters. The van der Waals surface area contributed by atoms with Gasteiger partial charge < -0.3 is 19.4 Å². The number of carbonyl (C=O) groups is 1. The normalized spacial score (nSPS) is 13.2. The fraction of sp³-hybridized carbons (Fsp3) is 0.192. The summed E-state index contributed by atoms with van der Waals surface area (Å²) in [5, 5.41) is 4.51. The standard InChI is InChI=1S/C26H24N2O3/c1-30-22-9-7-21(8-10-22)28-14-13-19-15-20(6-12-25(19)28)27-24-11-5-18(17-3-4-17)16-23(24)26(29)31-2/h5-17,27H,3-4H2,1-2H3. The van der Waals surface area contributed by atoms with Crippen molar-refractivity contribution >= 4 is 28.2 Å². The molecule has 1 heterocycles. The highest BCUT2D eigenvalue weighted by Gasteiger charge is 2.25. The Morgan fingerprint density at radius 1 is 0.968 bits per heavy atom. The highest BCUT2D eigenvalue weighted by molar-refractivity contribution is 5.97. The molecule has 3 aromatic carbocycles. The zero-order chi connectivity index (χ0) is 21.4. The number of rotatable bonds is 6. The third-order valence-electron chi connectivity index (χ3n) is 5.82. The van der Waals surface area contributed by atoms with Gasteiger partial charge in [0.15, 0.2) is 0 Å². The predicted octanol–water partition coefficient (Wildman–Crippen LogP) is 6.05. The lowest BCUT2D eigenvalue weighted by molar-refractivity contribution is 0.0602. The van der Waals surface area contributed by atoms with Gasteiger partial charge in [0, 0.05) is 23.0 Å². The maximum absolute atomic E-state index is 12.4. The lowest BCUT2D eigenvalue weighted by Gasteiger charge is -2.13. The molecule has 0 aliphatic heterocycles. The first-order chi connectivity index (χ1) is 15.2. The molecule has 0 amide bonds. The van der Waals surface area contributed by atoms with Crippen molar-refractivity contribution in [3.8, 4) is 11.4 Å². The zero-order valence-electron chi connectivity index (χ0n) is 17.6. The van der Waals surface area contributed by atoms with E-state index in [0.29, 0.717) is 11.5 Å². The molecule has 1 N–H and O–H groups in total. The second kappa shape index (κ2) is 7.84. The molecule has 31 heavy (non-hydrogen) atoms. The van der Waals surface area contributed by atoms with Crippen LogP contribution in [0.4, 0.5) is 11.4 Å². The summed E-state index contributed by atoms with van der Waals surface area (Å²) in [5.74, 6) is 1.09. The molecule has 5 rings (SSSR count). The number of carbonyl (C=O) groups excluding carboxylic acids is 1. The van der Waals surface area contributed by atoms with Gasteiger partial charge in [-0.2, -0.15) is 0 Å². The molecule has 1 aliphatic carbocycles. The van der Waals surface area contributed by atoms with Crippen molar-refractivity contribution in [3.05, 3.63) is 84.1 Å². The van der Waals surface area contributed by atoms with Crippen molar-refractivity contribution in [2.75, 3.05) is 19.5 Å². The molecule has 4 aromatic rings. The maximum Gasteiger partial charge on any atom is 0.339 e. The first-order valence-corrected chi connectivity index (χ1v) is 10.4. The Balaban J connectivity index is 1.45. The average Bonchev–Trinajstić information content (AvgIpc) is 3.58. The van der Waals surface area contributed by atoms with Gasteiger partial charge in [0.25, 0.3) is 0 Å². The van der Waals surface area contributed by atoms with Gasteiger partial charge in [0.2, 0.25) is 0 Å². The Bertz CT molecular complexity index is 1250. The van der Waals surface area contributed by atoms with Crippen LogP contribution >= 0.6 is 0 Å². The molecule has 1 aliphatic rings. The average molecular weight is 412 g/mol. The molecule has 5 heteroatoms. The molecule has 5 nitrogen and oxygen atoms in total. The lowest BCUT2D eigenvalue weighted by atomic mass is 10.0. The molecular formula is C26H24N2O3. The fourth-order valence-corrected chi connectivity index (χ4v) is 3.96. The van der Waals surface area contributed by atoms with Crippen molar-refractivity contribution in [1.29, 1.82) is 0 Å². The molecule has 0 spiro atoms.